The Morgan fingerprint density at radius 3 is 2.72 bits per heavy atom. The van der Waals surface area contributed by atoms with E-state index in [9.17, 15) is 9.59 Å². The van der Waals surface area contributed by atoms with Crippen molar-refractivity contribution in [2.24, 2.45) is 0 Å². The maximum absolute atomic E-state index is 13.0. The van der Waals surface area contributed by atoms with Crippen LogP contribution in [0.25, 0.3) is 16.6 Å². The number of hydrogen-bond donors (Lipinski definition) is 0. The van der Waals surface area contributed by atoms with E-state index in [1.165, 1.54) is 10.9 Å². The minimum absolute atomic E-state index is 0.131. The number of fused-ring (bicyclic) bond motifs is 1. The van der Waals surface area contributed by atoms with Crippen LogP contribution >= 0.6 is 0 Å². The molecule has 1 aromatic carbocycles. The van der Waals surface area contributed by atoms with Gasteiger partial charge in [0.2, 0.25) is 0 Å². The number of aromatic nitrogens is 3. The number of benzene rings is 1. The molecule has 1 saturated carbocycles. The lowest BCUT2D eigenvalue weighted by Gasteiger charge is -2.07. The molecule has 0 spiro atoms. The van der Waals surface area contributed by atoms with Crippen LogP contribution in [0.2, 0.25) is 0 Å². The van der Waals surface area contributed by atoms with Gasteiger partial charge in [-0.3, -0.25) is 14.2 Å². The Hall–Kier alpha value is -2.89. The van der Waals surface area contributed by atoms with Crippen LogP contribution in [0.5, 0.6) is 0 Å². The molecule has 3 aromatic rings. The third-order valence-electron chi connectivity index (χ3n) is 4.46. The van der Waals surface area contributed by atoms with Gasteiger partial charge in [0.25, 0.3) is 5.56 Å². The number of ether oxygens (including phenoxy) is 1. The molecule has 1 aliphatic rings. The molecule has 0 amide bonds. The summed E-state index contributed by atoms with van der Waals surface area (Å²) >= 11 is 0. The van der Waals surface area contributed by atoms with Crippen molar-refractivity contribution in [3.05, 3.63) is 58.8 Å². The fourth-order valence-corrected chi connectivity index (χ4v) is 3.12. The van der Waals surface area contributed by atoms with Gasteiger partial charge in [0.05, 0.1) is 6.61 Å². The summed E-state index contributed by atoms with van der Waals surface area (Å²) in [6.07, 6.45) is 3.66. The van der Waals surface area contributed by atoms with Crippen molar-refractivity contribution in [3.63, 3.8) is 0 Å². The third kappa shape index (κ3) is 2.84. The lowest BCUT2D eigenvalue weighted by molar-refractivity contribution is -0.143. The van der Waals surface area contributed by atoms with Crippen LogP contribution in [0.1, 0.15) is 31.4 Å². The van der Waals surface area contributed by atoms with Crippen LogP contribution in [0, 0.1) is 0 Å². The van der Waals surface area contributed by atoms with Crippen molar-refractivity contribution in [1.29, 1.82) is 0 Å². The number of carbonyl (C=O) groups is 1. The highest BCUT2D eigenvalue weighted by Crippen LogP contribution is 2.42. The second-order valence-corrected chi connectivity index (χ2v) is 6.25. The van der Waals surface area contributed by atoms with Crippen molar-refractivity contribution in [2.75, 3.05) is 6.61 Å². The van der Waals surface area contributed by atoms with Gasteiger partial charge in [-0.1, -0.05) is 30.3 Å². The summed E-state index contributed by atoms with van der Waals surface area (Å²) in [5, 5.41) is 4.43. The maximum atomic E-state index is 13.0. The number of rotatable bonds is 5. The number of hydrogen-bond acceptors (Lipinski definition) is 4. The number of carbonyl (C=O) groups excluding carboxylic acids is 1. The summed E-state index contributed by atoms with van der Waals surface area (Å²) in [6, 6.07) is 11.9. The average molecular weight is 337 g/mol. The van der Waals surface area contributed by atoms with E-state index in [0.29, 0.717) is 11.4 Å². The lowest BCUT2D eigenvalue weighted by Crippen LogP contribution is -2.27. The van der Waals surface area contributed by atoms with Gasteiger partial charge in [-0.05, 0) is 31.4 Å². The van der Waals surface area contributed by atoms with Crippen LogP contribution in [-0.4, -0.2) is 26.8 Å². The van der Waals surface area contributed by atoms with Crippen LogP contribution in [0.15, 0.2) is 47.5 Å². The summed E-state index contributed by atoms with van der Waals surface area (Å²) in [7, 11) is 0. The lowest BCUT2D eigenvalue weighted by atomic mass is 10.1. The van der Waals surface area contributed by atoms with E-state index in [4.69, 9.17) is 4.74 Å². The van der Waals surface area contributed by atoms with Crippen molar-refractivity contribution in [2.45, 2.75) is 32.2 Å². The predicted octanol–water partition coefficient (Wildman–Crippen LogP) is 2.60. The standard InChI is InChI=1S/C19H19N3O3/c1-2-25-17(23)11-21-12-20-22-16(14-8-9-14)10-15(18(22)19(21)24)13-6-4-3-5-7-13/h3-7,10,12,14H,2,8-9,11H2,1H3. The van der Waals surface area contributed by atoms with E-state index in [-0.39, 0.29) is 18.7 Å². The summed E-state index contributed by atoms with van der Waals surface area (Å²) in [5.74, 6) is 0.0174. The zero-order valence-corrected chi connectivity index (χ0v) is 14.0. The molecular formula is C19H19N3O3. The van der Waals surface area contributed by atoms with Gasteiger partial charge < -0.3 is 4.74 Å². The average Bonchev–Trinajstić information content (AvgIpc) is 3.39. The first-order valence-corrected chi connectivity index (χ1v) is 8.51. The Labute approximate surface area is 144 Å². The Kier molecular flexibility index (Phi) is 3.87. The summed E-state index contributed by atoms with van der Waals surface area (Å²) in [4.78, 5) is 24.8. The molecule has 0 unspecified atom stereocenters. The SMILES string of the molecule is CCOC(=O)Cn1cnn2c(C3CC3)cc(-c3ccccc3)c2c1=O. The first-order chi connectivity index (χ1) is 12.2. The van der Waals surface area contributed by atoms with E-state index in [1.807, 2.05) is 30.3 Å². The smallest absolute Gasteiger partial charge is 0.326 e. The van der Waals surface area contributed by atoms with Gasteiger partial charge >= 0.3 is 5.97 Å². The molecule has 0 bridgehead atoms. The normalized spacial score (nSPS) is 14.0. The number of esters is 1. The zero-order chi connectivity index (χ0) is 17.4. The highest BCUT2D eigenvalue weighted by atomic mass is 16.5. The molecule has 6 nitrogen and oxygen atoms in total. The topological polar surface area (TPSA) is 65.6 Å². The van der Waals surface area contributed by atoms with E-state index < -0.39 is 5.97 Å². The molecule has 0 saturated heterocycles. The van der Waals surface area contributed by atoms with Crippen molar-refractivity contribution >= 4 is 11.5 Å². The van der Waals surface area contributed by atoms with E-state index >= 15 is 0 Å². The molecule has 2 heterocycles. The van der Waals surface area contributed by atoms with Crippen molar-refractivity contribution in [3.8, 4) is 11.1 Å². The molecule has 1 fully saturated rings. The highest BCUT2D eigenvalue weighted by molar-refractivity contribution is 5.81. The van der Waals surface area contributed by atoms with E-state index in [1.54, 1.807) is 11.4 Å². The van der Waals surface area contributed by atoms with Crippen molar-refractivity contribution in [1.82, 2.24) is 14.2 Å². The third-order valence-corrected chi connectivity index (χ3v) is 4.46. The molecule has 0 atom stereocenters. The molecule has 2 aromatic heterocycles. The highest BCUT2D eigenvalue weighted by Gasteiger charge is 2.29. The zero-order valence-electron chi connectivity index (χ0n) is 14.0. The summed E-state index contributed by atoms with van der Waals surface area (Å²) in [5.41, 5.74) is 3.18. The van der Waals surface area contributed by atoms with Gasteiger partial charge in [-0.25, -0.2) is 4.52 Å². The van der Waals surface area contributed by atoms with Gasteiger partial charge in [-0.15, -0.1) is 0 Å². The van der Waals surface area contributed by atoms with Crippen LogP contribution in [-0.2, 0) is 16.1 Å². The quantitative estimate of drug-likeness (QED) is 0.671. The molecule has 128 valence electrons. The molecule has 25 heavy (non-hydrogen) atoms. The van der Waals surface area contributed by atoms with Gasteiger partial charge in [0.1, 0.15) is 18.4 Å². The largest absolute Gasteiger partial charge is 0.465 e. The van der Waals surface area contributed by atoms with Crippen LogP contribution in [0.3, 0.4) is 0 Å². The first-order valence-electron chi connectivity index (χ1n) is 8.51. The number of nitrogens with zero attached hydrogens (tertiary/aromatic N) is 3. The Morgan fingerprint density at radius 1 is 1.28 bits per heavy atom. The second-order valence-electron chi connectivity index (χ2n) is 6.25. The fraction of sp³-hybridized carbons (Fsp3) is 0.316. The van der Waals surface area contributed by atoms with Gasteiger partial charge in [0, 0.05) is 17.2 Å². The molecule has 0 radical (unpaired) electrons. The monoisotopic (exact) mass is 337 g/mol. The van der Waals surface area contributed by atoms with Gasteiger partial charge in [0.15, 0.2) is 0 Å². The molecular weight excluding hydrogens is 318 g/mol. The minimum atomic E-state index is -0.439. The molecule has 1 aliphatic carbocycles. The first kappa shape index (κ1) is 15.6. The Balaban J connectivity index is 1.89. The fourth-order valence-electron chi connectivity index (χ4n) is 3.12. The Morgan fingerprint density at radius 2 is 2.04 bits per heavy atom. The second kappa shape index (κ2) is 6.20. The molecule has 6 heteroatoms. The minimum Gasteiger partial charge on any atom is -0.465 e. The predicted molar refractivity (Wildman–Crippen MR) is 93.5 cm³/mol. The summed E-state index contributed by atoms with van der Waals surface area (Å²) in [6.45, 7) is 1.90. The van der Waals surface area contributed by atoms with Crippen LogP contribution in [0.4, 0.5) is 0 Å². The molecule has 4 rings (SSSR count). The maximum Gasteiger partial charge on any atom is 0.326 e. The van der Waals surface area contributed by atoms with Crippen molar-refractivity contribution < 1.29 is 9.53 Å². The van der Waals surface area contributed by atoms with Gasteiger partial charge in [-0.2, -0.15) is 5.10 Å². The Bertz CT molecular complexity index is 984. The van der Waals surface area contributed by atoms with E-state index in [2.05, 4.69) is 11.2 Å². The molecule has 0 aliphatic heterocycles. The van der Waals surface area contributed by atoms with E-state index in [0.717, 1.165) is 29.7 Å². The molecule has 0 N–H and O–H groups in total. The summed E-state index contributed by atoms with van der Waals surface area (Å²) < 4.78 is 8.00. The van der Waals surface area contributed by atoms with Crippen LogP contribution < -0.4 is 5.56 Å².